The molecule has 1 saturated carbocycles. The van der Waals surface area contributed by atoms with Crippen molar-refractivity contribution in [1.29, 1.82) is 0 Å². The van der Waals surface area contributed by atoms with Crippen LogP contribution >= 0.6 is 0 Å². The summed E-state index contributed by atoms with van der Waals surface area (Å²) in [5.74, 6) is -8.57. The maximum Gasteiger partial charge on any atom is 0.503 e. The Kier molecular flexibility index (Phi) is 3.60. The Morgan fingerprint density at radius 3 is 2.24 bits per heavy atom. The summed E-state index contributed by atoms with van der Waals surface area (Å²) in [6.07, 6.45) is -2.67. The van der Waals surface area contributed by atoms with Gasteiger partial charge in [0.1, 0.15) is 0 Å². The van der Waals surface area contributed by atoms with Crippen molar-refractivity contribution in [3.8, 4) is 11.5 Å². The molecule has 9 heteroatoms. The fourth-order valence-corrected chi connectivity index (χ4v) is 2.10. The predicted octanol–water partition coefficient (Wildman–Crippen LogP) is 3.40. The molecule has 0 bridgehead atoms. The SMILES string of the molecule is FC1(F)CC(c2ccc3c(c2)OCO3)C1(F)F.O=C(O)O. The highest BCUT2D eigenvalue weighted by Gasteiger charge is 2.71. The Balaban J connectivity index is 0.000000361. The number of carbonyl (C=O) groups is 1. The molecule has 21 heavy (non-hydrogen) atoms. The molecule has 1 fully saturated rings. The molecule has 0 radical (unpaired) electrons. The van der Waals surface area contributed by atoms with Crippen molar-refractivity contribution in [3.63, 3.8) is 0 Å². The van der Waals surface area contributed by atoms with Gasteiger partial charge in [-0.05, 0) is 17.7 Å². The molecule has 1 atom stereocenters. The Bertz CT molecular complexity index is 557. The summed E-state index contributed by atoms with van der Waals surface area (Å²) >= 11 is 0. The fourth-order valence-electron chi connectivity index (χ4n) is 2.10. The van der Waals surface area contributed by atoms with Gasteiger partial charge < -0.3 is 19.7 Å². The van der Waals surface area contributed by atoms with Gasteiger partial charge in [-0.15, -0.1) is 0 Å². The van der Waals surface area contributed by atoms with Gasteiger partial charge in [0.25, 0.3) is 0 Å². The number of halogens is 4. The molecule has 116 valence electrons. The highest BCUT2D eigenvalue weighted by atomic mass is 19.3. The molecular formula is C12H10F4O5. The van der Waals surface area contributed by atoms with Gasteiger partial charge in [-0.2, -0.15) is 17.6 Å². The summed E-state index contributed by atoms with van der Waals surface area (Å²) in [5.41, 5.74) is 0.158. The van der Waals surface area contributed by atoms with Gasteiger partial charge in [-0.25, -0.2) is 4.79 Å². The lowest BCUT2D eigenvalue weighted by Crippen LogP contribution is -2.56. The van der Waals surface area contributed by atoms with Crippen LogP contribution in [-0.2, 0) is 0 Å². The number of fused-ring (bicyclic) bond motifs is 1. The third-order valence-electron chi connectivity index (χ3n) is 3.18. The summed E-state index contributed by atoms with van der Waals surface area (Å²) in [6, 6.07) is 4.18. The second-order valence-electron chi connectivity index (χ2n) is 4.48. The second-order valence-corrected chi connectivity index (χ2v) is 4.48. The van der Waals surface area contributed by atoms with Crippen LogP contribution in [0.25, 0.3) is 0 Å². The van der Waals surface area contributed by atoms with Crippen molar-refractivity contribution in [2.75, 3.05) is 6.79 Å². The number of ether oxygens (including phenoxy) is 2. The van der Waals surface area contributed by atoms with Crippen LogP contribution in [0.4, 0.5) is 22.4 Å². The van der Waals surface area contributed by atoms with E-state index in [0.29, 0.717) is 11.5 Å². The van der Waals surface area contributed by atoms with Gasteiger partial charge >= 0.3 is 18.0 Å². The molecule has 1 heterocycles. The summed E-state index contributed by atoms with van der Waals surface area (Å²) in [4.78, 5) is 8.56. The molecule has 0 amide bonds. The van der Waals surface area contributed by atoms with Crippen molar-refractivity contribution in [2.24, 2.45) is 0 Å². The average molecular weight is 310 g/mol. The molecule has 0 aromatic heterocycles. The van der Waals surface area contributed by atoms with E-state index >= 15 is 0 Å². The maximum absolute atomic E-state index is 13.2. The van der Waals surface area contributed by atoms with Crippen molar-refractivity contribution in [1.82, 2.24) is 0 Å². The van der Waals surface area contributed by atoms with Gasteiger partial charge in [-0.1, -0.05) is 6.07 Å². The first-order valence-electron chi connectivity index (χ1n) is 5.72. The number of carboxylic acid groups (broad SMARTS) is 2. The Hall–Kier alpha value is -2.19. The zero-order valence-corrected chi connectivity index (χ0v) is 10.4. The number of rotatable bonds is 1. The minimum Gasteiger partial charge on any atom is -0.454 e. The molecule has 2 N–H and O–H groups in total. The van der Waals surface area contributed by atoms with Crippen LogP contribution < -0.4 is 9.47 Å². The summed E-state index contributed by atoms with van der Waals surface area (Å²) in [5, 5.41) is 13.9. The maximum atomic E-state index is 13.2. The van der Waals surface area contributed by atoms with Crippen molar-refractivity contribution >= 4 is 6.16 Å². The number of alkyl halides is 4. The van der Waals surface area contributed by atoms with E-state index in [1.165, 1.54) is 18.2 Å². The smallest absolute Gasteiger partial charge is 0.454 e. The number of hydrogen-bond acceptors (Lipinski definition) is 3. The molecule has 0 saturated heterocycles. The molecule has 1 aliphatic carbocycles. The first kappa shape index (κ1) is 15.2. The van der Waals surface area contributed by atoms with Gasteiger partial charge in [0, 0.05) is 6.42 Å². The predicted molar refractivity (Wildman–Crippen MR) is 60.5 cm³/mol. The zero-order valence-electron chi connectivity index (χ0n) is 10.4. The van der Waals surface area contributed by atoms with Crippen LogP contribution in [0.1, 0.15) is 17.9 Å². The van der Waals surface area contributed by atoms with E-state index < -0.39 is 30.3 Å². The minimum absolute atomic E-state index is 0.0238. The van der Waals surface area contributed by atoms with Crippen LogP contribution in [-0.4, -0.2) is 35.0 Å². The highest BCUT2D eigenvalue weighted by molar-refractivity contribution is 5.53. The van der Waals surface area contributed by atoms with Crippen molar-refractivity contribution in [3.05, 3.63) is 23.8 Å². The van der Waals surface area contributed by atoms with E-state index in [0.717, 1.165) is 0 Å². The van der Waals surface area contributed by atoms with Crippen LogP contribution in [0.15, 0.2) is 18.2 Å². The van der Waals surface area contributed by atoms with Gasteiger partial charge in [0.05, 0.1) is 5.92 Å². The zero-order chi connectivity index (χ0) is 15.8. The lowest BCUT2D eigenvalue weighted by atomic mass is 9.72. The first-order chi connectivity index (χ1) is 9.65. The number of hydrogen-bond donors (Lipinski definition) is 2. The summed E-state index contributed by atoms with van der Waals surface area (Å²) in [6.45, 7) is 0.0238. The van der Waals surface area contributed by atoms with Crippen molar-refractivity contribution < 1.29 is 42.0 Å². The standard InChI is InChI=1S/C11H8F4O2.CH2O3/c12-10(13)4-7(11(10,14)15)6-1-2-8-9(3-6)17-5-16-8;2-1(3)4/h1-3,7H,4-5H2;(H2,2,3,4). The van der Waals surface area contributed by atoms with E-state index in [1.807, 2.05) is 0 Å². The molecule has 0 spiro atoms. The quantitative estimate of drug-likeness (QED) is 0.778. The molecule has 2 aliphatic rings. The summed E-state index contributed by atoms with van der Waals surface area (Å²) < 4.78 is 61.9. The van der Waals surface area contributed by atoms with E-state index in [4.69, 9.17) is 24.5 Å². The van der Waals surface area contributed by atoms with Gasteiger partial charge in [0.2, 0.25) is 6.79 Å². The molecule has 1 aromatic carbocycles. The third-order valence-corrected chi connectivity index (χ3v) is 3.18. The lowest BCUT2D eigenvalue weighted by Gasteiger charge is -2.44. The lowest BCUT2D eigenvalue weighted by molar-refractivity contribution is -0.290. The van der Waals surface area contributed by atoms with Gasteiger partial charge in [0.15, 0.2) is 11.5 Å². The van der Waals surface area contributed by atoms with Crippen LogP contribution in [0.3, 0.4) is 0 Å². The van der Waals surface area contributed by atoms with E-state index in [1.54, 1.807) is 0 Å². The van der Waals surface area contributed by atoms with Crippen LogP contribution in [0.5, 0.6) is 11.5 Å². The minimum atomic E-state index is -3.99. The first-order valence-corrected chi connectivity index (χ1v) is 5.72. The van der Waals surface area contributed by atoms with Crippen LogP contribution in [0, 0.1) is 0 Å². The Morgan fingerprint density at radius 1 is 1.14 bits per heavy atom. The second kappa shape index (κ2) is 4.97. The Morgan fingerprint density at radius 2 is 1.71 bits per heavy atom. The largest absolute Gasteiger partial charge is 0.503 e. The Labute approximate surface area is 115 Å². The third kappa shape index (κ3) is 2.67. The van der Waals surface area contributed by atoms with Gasteiger partial charge in [-0.3, -0.25) is 0 Å². The van der Waals surface area contributed by atoms with Crippen molar-refractivity contribution in [2.45, 2.75) is 24.2 Å². The number of benzene rings is 1. The van der Waals surface area contributed by atoms with E-state index in [9.17, 15) is 17.6 Å². The molecule has 5 nitrogen and oxygen atoms in total. The molecule has 3 rings (SSSR count). The topological polar surface area (TPSA) is 76.0 Å². The van der Waals surface area contributed by atoms with E-state index in [-0.39, 0.29) is 12.4 Å². The summed E-state index contributed by atoms with van der Waals surface area (Å²) in [7, 11) is 0. The molecule has 1 aliphatic heterocycles. The molecular weight excluding hydrogens is 300 g/mol. The van der Waals surface area contributed by atoms with Crippen LogP contribution in [0.2, 0.25) is 0 Å². The van der Waals surface area contributed by atoms with E-state index in [2.05, 4.69) is 0 Å². The molecule has 1 aromatic rings. The normalized spacial score (nSPS) is 23.5. The molecule has 1 unspecified atom stereocenters. The fraction of sp³-hybridized carbons (Fsp3) is 0.417. The highest BCUT2D eigenvalue weighted by Crippen LogP contribution is 2.60. The monoisotopic (exact) mass is 310 g/mol. The average Bonchev–Trinajstić information content (AvgIpc) is 2.82.